The first-order chi connectivity index (χ1) is 8.50. The highest BCUT2D eigenvalue weighted by Crippen LogP contribution is 2.20. The molecule has 2 aromatic rings. The van der Waals surface area contributed by atoms with Crippen LogP contribution in [0.5, 0.6) is 0 Å². The van der Waals surface area contributed by atoms with Crippen LogP contribution in [0.1, 0.15) is 16.2 Å². The Labute approximate surface area is 107 Å². The number of aromatic amines is 1. The van der Waals surface area contributed by atoms with Crippen molar-refractivity contribution in [1.82, 2.24) is 10.2 Å². The van der Waals surface area contributed by atoms with Crippen LogP contribution < -0.4 is 5.43 Å². The van der Waals surface area contributed by atoms with E-state index in [1.807, 2.05) is 0 Å². The fourth-order valence-corrected chi connectivity index (χ4v) is 1.77. The molecule has 92 valence electrons. The lowest BCUT2D eigenvalue weighted by molar-refractivity contribution is 0.0687. The number of rotatable bonds is 2. The molecule has 5 nitrogen and oxygen atoms in total. The number of aromatic carboxylic acids is 1. The molecule has 0 amide bonds. The number of benzene rings is 1. The van der Waals surface area contributed by atoms with Crippen LogP contribution in [0, 0.1) is 6.92 Å². The lowest BCUT2D eigenvalue weighted by atomic mass is 10.0. The summed E-state index contributed by atoms with van der Waals surface area (Å²) in [4.78, 5) is 22.9. The molecule has 0 fully saturated rings. The van der Waals surface area contributed by atoms with Crippen LogP contribution in [0.4, 0.5) is 0 Å². The maximum atomic E-state index is 12.0. The van der Waals surface area contributed by atoms with Crippen LogP contribution in [0.2, 0.25) is 5.02 Å². The Balaban J connectivity index is 2.71. The van der Waals surface area contributed by atoms with Crippen molar-refractivity contribution in [3.8, 4) is 11.1 Å². The van der Waals surface area contributed by atoms with Crippen molar-refractivity contribution in [3.63, 3.8) is 0 Å². The maximum absolute atomic E-state index is 12.0. The lowest BCUT2D eigenvalue weighted by Crippen LogP contribution is -2.21. The second kappa shape index (κ2) is 4.62. The molecule has 6 heteroatoms. The monoisotopic (exact) mass is 264 g/mol. The Hall–Kier alpha value is -2.14. The van der Waals surface area contributed by atoms with Gasteiger partial charge >= 0.3 is 5.97 Å². The first-order valence-electron chi connectivity index (χ1n) is 5.09. The molecule has 0 aliphatic carbocycles. The molecule has 0 bridgehead atoms. The molecule has 0 spiro atoms. The molecule has 0 aliphatic heterocycles. The van der Waals surface area contributed by atoms with Gasteiger partial charge in [0, 0.05) is 10.7 Å². The third-order valence-corrected chi connectivity index (χ3v) is 2.74. The summed E-state index contributed by atoms with van der Waals surface area (Å²) >= 11 is 5.77. The third kappa shape index (κ3) is 2.12. The molecule has 1 aromatic carbocycles. The molecule has 1 aromatic heterocycles. The van der Waals surface area contributed by atoms with Gasteiger partial charge in [-0.3, -0.25) is 9.89 Å². The zero-order valence-corrected chi connectivity index (χ0v) is 10.2. The second-order valence-electron chi connectivity index (χ2n) is 3.71. The van der Waals surface area contributed by atoms with E-state index < -0.39 is 17.1 Å². The molecule has 0 unspecified atom stereocenters. The molecule has 0 aliphatic rings. The lowest BCUT2D eigenvalue weighted by Gasteiger charge is -2.05. The number of carboxylic acid groups (broad SMARTS) is 1. The summed E-state index contributed by atoms with van der Waals surface area (Å²) in [5.74, 6) is -1.36. The van der Waals surface area contributed by atoms with E-state index in [0.29, 0.717) is 21.8 Å². The topological polar surface area (TPSA) is 83.1 Å². The summed E-state index contributed by atoms with van der Waals surface area (Å²) in [6, 6.07) is 6.59. The van der Waals surface area contributed by atoms with Gasteiger partial charge < -0.3 is 5.11 Å². The number of nitrogens with one attached hydrogen (secondary N) is 1. The van der Waals surface area contributed by atoms with Crippen molar-refractivity contribution in [1.29, 1.82) is 0 Å². The number of hydrogen-bond acceptors (Lipinski definition) is 3. The molecular formula is C12H9ClN2O3. The van der Waals surface area contributed by atoms with Crippen molar-refractivity contribution in [2.24, 2.45) is 0 Å². The minimum absolute atomic E-state index is 0.291. The van der Waals surface area contributed by atoms with Gasteiger partial charge in [0.2, 0.25) is 11.1 Å². The van der Waals surface area contributed by atoms with Gasteiger partial charge in [-0.05, 0) is 24.6 Å². The zero-order valence-electron chi connectivity index (χ0n) is 9.40. The molecule has 2 N–H and O–H groups in total. The summed E-state index contributed by atoms with van der Waals surface area (Å²) in [6.07, 6.45) is 0. The van der Waals surface area contributed by atoms with Crippen LogP contribution in [-0.2, 0) is 0 Å². The Morgan fingerprint density at radius 3 is 2.50 bits per heavy atom. The predicted molar refractivity (Wildman–Crippen MR) is 67.0 cm³/mol. The van der Waals surface area contributed by atoms with Gasteiger partial charge in [-0.2, -0.15) is 5.10 Å². The molecule has 18 heavy (non-hydrogen) atoms. The Morgan fingerprint density at radius 1 is 1.33 bits per heavy atom. The van der Waals surface area contributed by atoms with Crippen molar-refractivity contribution in [2.45, 2.75) is 6.92 Å². The Kier molecular flexibility index (Phi) is 3.16. The maximum Gasteiger partial charge on any atom is 0.360 e. The van der Waals surface area contributed by atoms with Gasteiger partial charge in [0.25, 0.3) is 0 Å². The predicted octanol–water partition coefficient (Wildman–Crippen LogP) is 2.10. The van der Waals surface area contributed by atoms with E-state index in [9.17, 15) is 9.59 Å². The Morgan fingerprint density at radius 2 is 1.94 bits per heavy atom. The van der Waals surface area contributed by atoms with Gasteiger partial charge in [-0.15, -0.1) is 0 Å². The van der Waals surface area contributed by atoms with Crippen LogP contribution in [0.25, 0.3) is 11.1 Å². The SMILES string of the molecule is Cc1[nH]nc(C(=O)O)c(=O)c1-c1ccc(Cl)cc1. The van der Waals surface area contributed by atoms with Gasteiger partial charge in [-0.1, -0.05) is 23.7 Å². The summed E-state index contributed by atoms with van der Waals surface area (Å²) in [5, 5.41) is 15.5. The normalized spacial score (nSPS) is 10.3. The van der Waals surface area contributed by atoms with Crippen LogP contribution in [0.3, 0.4) is 0 Å². The standard InChI is InChI=1S/C12H9ClN2O3/c1-6-9(7-2-4-8(13)5-3-7)11(16)10(12(17)18)15-14-6/h2-5H,1H3,(H,14,16)(H,17,18). The summed E-state index contributed by atoms with van der Waals surface area (Å²) in [6.45, 7) is 1.66. The molecule has 0 saturated heterocycles. The fraction of sp³-hybridized carbons (Fsp3) is 0.0833. The van der Waals surface area contributed by atoms with Crippen LogP contribution in [0.15, 0.2) is 29.1 Å². The molecule has 1 heterocycles. The highest BCUT2D eigenvalue weighted by atomic mass is 35.5. The van der Waals surface area contributed by atoms with Crippen molar-refractivity contribution < 1.29 is 9.90 Å². The van der Waals surface area contributed by atoms with E-state index in [-0.39, 0.29) is 0 Å². The van der Waals surface area contributed by atoms with Gasteiger partial charge in [-0.25, -0.2) is 4.79 Å². The number of nitrogens with zero attached hydrogens (tertiary/aromatic N) is 1. The smallest absolute Gasteiger partial charge is 0.360 e. The molecular weight excluding hydrogens is 256 g/mol. The molecule has 0 saturated carbocycles. The largest absolute Gasteiger partial charge is 0.476 e. The first-order valence-corrected chi connectivity index (χ1v) is 5.47. The number of carbonyl (C=O) groups is 1. The van der Waals surface area contributed by atoms with Crippen LogP contribution >= 0.6 is 11.6 Å². The number of aromatic nitrogens is 2. The minimum Gasteiger partial charge on any atom is -0.476 e. The number of aryl methyl sites for hydroxylation is 1. The quantitative estimate of drug-likeness (QED) is 0.870. The number of hydrogen-bond donors (Lipinski definition) is 2. The summed E-state index contributed by atoms with van der Waals surface area (Å²) in [7, 11) is 0. The van der Waals surface area contributed by atoms with E-state index in [1.54, 1.807) is 31.2 Å². The number of H-pyrrole nitrogens is 1. The highest BCUT2D eigenvalue weighted by molar-refractivity contribution is 6.30. The van der Waals surface area contributed by atoms with E-state index in [0.717, 1.165) is 0 Å². The van der Waals surface area contributed by atoms with Gasteiger partial charge in [0.1, 0.15) is 0 Å². The number of carboxylic acids is 1. The van der Waals surface area contributed by atoms with Gasteiger partial charge in [0.05, 0.1) is 5.56 Å². The average molecular weight is 265 g/mol. The number of halogens is 1. The average Bonchev–Trinajstić information content (AvgIpc) is 2.31. The van der Waals surface area contributed by atoms with Crippen molar-refractivity contribution in [3.05, 3.63) is 50.9 Å². The van der Waals surface area contributed by atoms with E-state index in [1.165, 1.54) is 0 Å². The summed E-state index contributed by atoms with van der Waals surface area (Å²) < 4.78 is 0. The fourth-order valence-electron chi connectivity index (χ4n) is 1.64. The third-order valence-electron chi connectivity index (χ3n) is 2.49. The minimum atomic E-state index is -1.36. The van der Waals surface area contributed by atoms with E-state index >= 15 is 0 Å². The summed E-state index contributed by atoms with van der Waals surface area (Å²) in [5.41, 5.74) is 0.265. The zero-order chi connectivity index (χ0) is 13.3. The second-order valence-corrected chi connectivity index (χ2v) is 4.15. The van der Waals surface area contributed by atoms with E-state index in [4.69, 9.17) is 16.7 Å². The van der Waals surface area contributed by atoms with Gasteiger partial charge in [0.15, 0.2) is 0 Å². The highest BCUT2D eigenvalue weighted by Gasteiger charge is 2.17. The molecule has 2 rings (SSSR count). The first kappa shape index (κ1) is 12.3. The molecule has 0 radical (unpaired) electrons. The van der Waals surface area contributed by atoms with E-state index in [2.05, 4.69) is 10.2 Å². The van der Waals surface area contributed by atoms with Crippen molar-refractivity contribution in [2.75, 3.05) is 0 Å². The van der Waals surface area contributed by atoms with Crippen LogP contribution in [-0.4, -0.2) is 21.3 Å². The Bertz CT molecular complexity index is 662. The van der Waals surface area contributed by atoms with Crippen molar-refractivity contribution >= 4 is 17.6 Å². The molecule has 0 atom stereocenters.